The minimum Gasteiger partial charge on any atom is -0.493 e. The molecule has 3 rings (SSSR count). The van der Waals surface area contributed by atoms with Crippen molar-refractivity contribution in [1.29, 1.82) is 0 Å². The topological polar surface area (TPSA) is 72.9 Å². The van der Waals surface area contributed by atoms with E-state index in [4.69, 9.17) is 9.47 Å². The van der Waals surface area contributed by atoms with Crippen LogP contribution in [-0.4, -0.2) is 43.8 Å². The average Bonchev–Trinajstić information content (AvgIpc) is 2.78. The van der Waals surface area contributed by atoms with Gasteiger partial charge in [-0.25, -0.2) is 0 Å². The van der Waals surface area contributed by atoms with Crippen LogP contribution in [0.4, 0.5) is 0 Å². The molecule has 1 aromatic carbocycles. The van der Waals surface area contributed by atoms with Gasteiger partial charge in [-0.3, -0.25) is 19.3 Å². The molecule has 23 heavy (non-hydrogen) atoms. The van der Waals surface area contributed by atoms with Gasteiger partial charge in [0.15, 0.2) is 11.5 Å². The Labute approximate surface area is 134 Å². The van der Waals surface area contributed by atoms with Crippen molar-refractivity contribution in [2.75, 3.05) is 21.3 Å². The van der Waals surface area contributed by atoms with Crippen LogP contribution in [-0.2, 0) is 14.4 Å². The quantitative estimate of drug-likeness (QED) is 0.788. The zero-order valence-electron chi connectivity index (χ0n) is 13.4. The molecular formula is C17H19NO5. The second-order valence-corrected chi connectivity index (χ2v) is 6.04. The monoisotopic (exact) mass is 317 g/mol. The molecule has 0 spiro atoms. The third-order valence-corrected chi connectivity index (χ3v) is 4.86. The molecule has 1 aliphatic carbocycles. The zero-order chi connectivity index (χ0) is 16.7. The molecule has 2 aliphatic rings. The summed E-state index contributed by atoms with van der Waals surface area (Å²) in [6.45, 7) is 0. The molecule has 2 amide bonds. The fraction of sp³-hybridized carbons (Fsp3) is 0.471. The van der Waals surface area contributed by atoms with Crippen LogP contribution >= 0.6 is 0 Å². The maximum absolute atomic E-state index is 12.5. The number of likely N-dealkylation sites (tertiary alicyclic amines) is 1. The van der Waals surface area contributed by atoms with E-state index in [1.807, 2.05) is 6.07 Å². The maximum atomic E-state index is 12.5. The van der Waals surface area contributed by atoms with Crippen LogP contribution in [0.3, 0.4) is 0 Å². The van der Waals surface area contributed by atoms with Crippen molar-refractivity contribution in [3.05, 3.63) is 23.8 Å². The molecule has 0 radical (unpaired) electrons. The van der Waals surface area contributed by atoms with Crippen molar-refractivity contribution in [2.24, 2.45) is 11.8 Å². The Kier molecular flexibility index (Phi) is 3.83. The summed E-state index contributed by atoms with van der Waals surface area (Å²) in [5, 5.41) is 0. The lowest BCUT2D eigenvalue weighted by molar-refractivity contribution is -0.138. The van der Waals surface area contributed by atoms with E-state index in [0.29, 0.717) is 11.5 Å². The first-order valence-electron chi connectivity index (χ1n) is 7.53. The molecule has 0 N–H and O–H groups in total. The Morgan fingerprint density at radius 2 is 1.61 bits per heavy atom. The van der Waals surface area contributed by atoms with E-state index >= 15 is 0 Å². The standard InChI is InChI=1S/C17H19NO5/c1-18-16(20)12-8-10(19)7-11(15(12)17(18)21)9-4-5-13(22-2)14(6-9)23-3/h4-6,11-12,15H,7-8H2,1-3H3/t11-,12-,15+/m1/s1. The molecular weight excluding hydrogens is 298 g/mol. The number of ketones is 1. The fourth-order valence-corrected chi connectivity index (χ4v) is 3.68. The molecule has 0 aromatic heterocycles. The number of fused-ring (bicyclic) bond motifs is 1. The van der Waals surface area contributed by atoms with Gasteiger partial charge in [0.2, 0.25) is 11.8 Å². The Morgan fingerprint density at radius 3 is 2.26 bits per heavy atom. The highest BCUT2D eigenvalue weighted by Gasteiger charge is 2.53. The SMILES string of the molecule is COc1ccc([C@H]2CC(=O)C[C@H]3C(=O)N(C)C(=O)[C@@H]23)cc1OC. The first kappa shape index (κ1) is 15.5. The van der Waals surface area contributed by atoms with E-state index in [9.17, 15) is 14.4 Å². The number of amides is 2. The predicted molar refractivity (Wildman–Crippen MR) is 81.3 cm³/mol. The van der Waals surface area contributed by atoms with E-state index in [0.717, 1.165) is 10.5 Å². The highest BCUT2D eigenvalue weighted by atomic mass is 16.5. The normalized spacial score (nSPS) is 27.2. The van der Waals surface area contributed by atoms with E-state index in [1.54, 1.807) is 19.2 Å². The Balaban J connectivity index is 2.02. The van der Waals surface area contributed by atoms with Crippen LogP contribution in [0.2, 0.25) is 0 Å². The van der Waals surface area contributed by atoms with Gasteiger partial charge in [-0.15, -0.1) is 0 Å². The highest BCUT2D eigenvalue weighted by Crippen LogP contribution is 2.46. The summed E-state index contributed by atoms with van der Waals surface area (Å²) in [7, 11) is 4.57. The second kappa shape index (κ2) is 5.68. The van der Waals surface area contributed by atoms with Gasteiger partial charge in [-0.05, 0) is 17.7 Å². The number of benzene rings is 1. The lowest BCUT2D eigenvalue weighted by atomic mass is 9.70. The van der Waals surface area contributed by atoms with Gasteiger partial charge < -0.3 is 9.47 Å². The first-order chi connectivity index (χ1) is 11.0. The van der Waals surface area contributed by atoms with Gasteiger partial charge in [0.1, 0.15) is 5.78 Å². The van der Waals surface area contributed by atoms with Crippen molar-refractivity contribution in [3.8, 4) is 11.5 Å². The number of ether oxygens (including phenoxy) is 2. The van der Waals surface area contributed by atoms with Crippen LogP contribution in [0.15, 0.2) is 18.2 Å². The van der Waals surface area contributed by atoms with E-state index in [2.05, 4.69) is 0 Å². The Bertz CT molecular complexity index is 684. The number of nitrogens with zero attached hydrogens (tertiary/aromatic N) is 1. The molecule has 0 bridgehead atoms. The minimum absolute atomic E-state index is 0.0162. The Hall–Kier alpha value is -2.37. The zero-order valence-corrected chi connectivity index (χ0v) is 13.4. The molecule has 1 aromatic rings. The molecule has 1 aliphatic heterocycles. The second-order valence-electron chi connectivity index (χ2n) is 6.04. The molecule has 2 fully saturated rings. The number of carbonyl (C=O) groups is 3. The van der Waals surface area contributed by atoms with Crippen LogP contribution < -0.4 is 9.47 Å². The summed E-state index contributed by atoms with van der Waals surface area (Å²) < 4.78 is 10.5. The largest absolute Gasteiger partial charge is 0.493 e. The van der Waals surface area contributed by atoms with E-state index < -0.39 is 11.8 Å². The van der Waals surface area contributed by atoms with Gasteiger partial charge >= 0.3 is 0 Å². The van der Waals surface area contributed by atoms with Crippen molar-refractivity contribution < 1.29 is 23.9 Å². The molecule has 6 heteroatoms. The third-order valence-electron chi connectivity index (χ3n) is 4.86. The molecule has 3 atom stereocenters. The molecule has 1 heterocycles. The average molecular weight is 317 g/mol. The summed E-state index contributed by atoms with van der Waals surface area (Å²) >= 11 is 0. The number of carbonyl (C=O) groups excluding carboxylic acids is 3. The number of hydrogen-bond acceptors (Lipinski definition) is 5. The van der Waals surface area contributed by atoms with Crippen LogP contribution in [0, 0.1) is 11.8 Å². The lowest BCUT2D eigenvalue weighted by Crippen LogP contribution is -2.33. The summed E-state index contributed by atoms with van der Waals surface area (Å²) in [6, 6.07) is 5.38. The van der Waals surface area contributed by atoms with Gasteiger partial charge in [0.05, 0.1) is 26.1 Å². The van der Waals surface area contributed by atoms with E-state index in [-0.39, 0.29) is 36.4 Å². The molecule has 6 nitrogen and oxygen atoms in total. The van der Waals surface area contributed by atoms with Crippen LogP contribution in [0.25, 0.3) is 0 Å². The van der Waals surface area contributed by atoms with Crippen LogP contribution in [0.5, 0.6) is 11.5 Å². The predicted octanol–water partition coefficient (Wildman–Crippen LogP) is 1.38. The lowest BCUT2D eigenvalue weighted by Gasteiger charge is -2.30. The van der Waals surface area contributed by atoms with Gasteiger partial charge in [0, 0.05) is 25.8 Å². The van der Waals surface area contributed by atoms with Crippen LogP contribution in [0.1, 0.15) is 24.3 Å². The van der Waals surface area contributed by atoms with Gasteiger partial charge in [-0.1, -0.05) is 6.07 Å². The molecule has 1 saturated heterocycles. The smallest absolute Gasteiger partial charge is 0.233 e. The molecule has 1 saturated carbocycles. The van der Waals surface area contributed by atoms with Crippen molar-refractivity contribution in [1.82, 2.24) is 4.90 Å². The summed E-state index contributed by atoms with van der Waals surface area (Å²) in [4.78, 5) is 37.9. The first-order valence-corrected chi connectivity index (χ1v) is 7.53. The number of methoxy groups -OCH3 is 2. The van der Waals surface area contributed by atoms with Crippen molar-refractivity contribution in [2.45, 2.75) is 18.8 Å². The summed E-state index contributed by atoms with van der Waals surface area (Å²) in [5.74, 6) is -0.614. The molecule has 122 valence electrons. The third kappa shape index (κ3) is 2.38. The fourth-order valence-electron chi connectivity index (χ4n) is 3.68. The van der Waals surface area contributed by atoms with Gasteiger partial charge in [-0.2, -0.15) is 0 Å². The highest BCUT2D eigenvalue weighted by molar-refractivity contribution is 6.08. The number of Topliss-reactive ketones (excluding diaryl/α,β-unsaturated/α-hetero) is 1. The summed E-state index contributed by atoms with van der Waals surface area (Å²) in [6.07, 6.45) is 0.423. The minimum atomic E-state index is -0.535. The number of imide groups is 1. The van der Waals surface area contributed by atoms with Crippen molar-refractivity contribution in [3.63, 3.8) is 0 Å². The summed E-state index contributed by atoms with van der Waals surface area (Å²) in [5.41, 5.74) is 0.821. The number of rotatable bonds is 3. The molecule has 0 unspecified atom stereocenters. The van der Waals surface area contributed by atoms with Gasteiger partial charge in [0.25, 0.3) is 0 Å². The number of hydrogen-bond donors (Lipinski definition) is 0. The maximum Gasteiger partial charge on any atom is 0.233 e. The Morgan fingerprint density at radius 1 is 0.957 bits per heavy atom. The van der Waals surface area contributed by atoms with E-state index in [1.165, 1.54) is 14.2 Å². The van der Waals surface area contributed by atoms with Crippen molar-refractivity contribution >= 4 is 17.6 Å².